The number of methoxy groups -OCH3 is 1. The van der Waals surface area contributed by atoms with Crippen molar-refractivity contribution in [3.63, 3.8) is 0 Å². The van der Waals surface area contributed by atoms with Gasteiger partial charge >= 0.3 is 0 Å². The van der Waals surface area contributed by atoms with Gasteiger partial charge in [0.2, 0.25) is 11.8 Å². The fourth-order valence-corrected chi connectivity index (χ4v) is 4.36. The summed E-state index contributed by atoms with van der Waals surface area (Å²) in [6.45, 7) is 0.900. The third-order valence-corrected chi connectivity index (χ3v) is 6.21. The van der Waals surface area contributed by atoms with Crippen molar-refractivity contribution in [3.8, 4) is 17.2 Å². The van der Waals surface area contributed by atoms with Crippen LogP contribution in [0.1, 0.15) is 37.7 Å². The van der Waals surface area contributed by atoms with Gasteiger partial charge in [-0.05, 0) is 43.0 Å². The van der Waals surface area contributed by atoms with Crippen molar-refractivity contribution in [2.75, 3.05) is 20.3 Å². The minimum Gasteiger partial charge on any atom is -0.497 e. The highest BCUT2D eigenvalue weighted by atomic mass is 19.1. The van der Waals surface area contributed by atoms with Crippen LogP contribution < -0.4 is 24.8 Å². The molecule has 2 atom stereocenters. The van der Waals surface area contributed by atoms with Crippen LogP contribution in [0.3, 0.4) is 0 Å². The van der Waals surface area contributed by atoms with Gasteiger partial charge in [-0.15, -0.1) is 0 Å². The predicted molar refractivity (Wildman–Crippen MR) is 120 cm³/mol. The van der Waals surface area contributed by atoms with Gasteiger partial charge in [0.15, 0.2) is 11.5 Å². The van der Waals surface area contributed by atoms with Gasteiger partial charge in [0, 0.05) is 37.4 Å². The van der Waals surface area contributed by atoms with Gasteiger partial charge < -0.3 is 24.8 Å². The summed E-state index contributed by atoms with van der Waals surface area (Å²) in [5.74, 6) is 1.33. The summed E-state index contributed by atoms with van der Waals surface area (Å²) >= 11 is 0. The fourth-order valence-electron chi connectivity index (χ4n) is 4.36. The lowest BCUT2D eigenvalue weighted by Gasteiger charge is -2.29. The van der Waals surface area contributed by atoms with Crippen molar-refractivity contribution in [2.24, 2.45) is 0 Å². The number of amides is 2. The molecule has 7 nitrogen and oxygen atoms in total. The van der Waals surface area contributed by atoms with Gasteiger partial charge in [0.25, 0.3) is 0 Å². The topological polar surface area (TPSA) is 85.9 Å². The maximum Gasteiger partial charge on any atom is 0.220 e. The average molecular weight is 457 g/mol. The molecule has 2 heterocycles. The van der Waals surface area contributed by atoms with Gasteiger partial charge in [0.1, 0.15) is 24.3 Å². The Bertz CT molecular complexity index is 1010. The molecule has 176 valence electrons. The molecule has 8 heteroatoms. The van der Waals surface area contributed by atoms with Crippen LogP contribution in [0.4, 0.5) is 4.39 Å². The second-order valence-corrected chi connectivity index (χ2v) is 8.60. The Hall–Kier alpha value is -3.29. The van der Waals surface area contributed by atoms with Crippen LogP contribution in [0.5, 0.6) is 17.2 Å². The zero-order chi connectivity index (χ0) is 23.3. The Morgan fingerprint density at radius 1 is 1.27 bits per heavy atom. The molecule has 2 aliphatic rings. The molecule has 1 saturated heterocycles. The van der Waals surface area contributed by atoms with Crippen molar-refractivity contribution in [2.45, 2.75) is 50.2 Å². The van der Waals surface area contributed by atoms with Gasteiger partial charge in [-0.25, -0.2) is 4.39 Å². The molecule has 2 aliphatic heterocycles. The molecule has 2 aromatic rings. The van der Waals surface area contributed by atoms with Crippen LogP contribution >= 0.6 is 0 Å². The van der Waals surface area contributed by atoms with Crippen molar-refractivity contribution in [1.82, 2.24) is 10.6 Å². The average Bonchev–Trinajstić information content (AvgIpc) is 3.19. The van der Waals surface area contributed by atoms with Crippen LogP contribution in [0, 0.1) is 5.82 Å². The second-order valence-electron chi connectivity index (χ2n) is 8.60. The maximum atomic E-state index is 14.5. The van der Waals surface area contributed by atoms with E-state index in [4.69, 9.17) is 14.2 Å². The Balaban J connectivity index is 1.27. The summed E-state index contributed by atoms with van der Waals surface area (Å²) in [5.41, 5.74) is -0.137. The number of fused-ring (bicyclic) bond motifs is 1. The summed E-state index contributed by atoms with van der Waals surface area (Å²) in [6.07, 6.45) is 2.44. The van der Waals surface area contributed by atoms with Gasteiger partial charge in [-0.3, -0.25) is 9.59 Å². The smallest absolute Gasteiger partial charge is 0.220 e. The standard InChI is InChI=1S/C25H29FN2O5/c1-31-18-7-6-17(20(26)14-18)15-25(12-9-24(30)28-25)11-8-23(29)27-13-10-19-16-32-21-4-2-3-5-22(21)33-19/h2-7,14,19H,8-13,15-16H2,1H3,(H,27,29)(H,28,30)/t19-,25+/m0/s1. The normalized spacial score (nSPS) is 21.4. The van der Waals surface area contributed by atoms with E-state index in [-0.39, 0.29) is 30.2 Å². The van der Waals surface area contributed by atoms with E-state index in [0.717, 1.165) is 5.75 Å². The Morgan fingerprint density at radius 2 is 2.09 bits per heavy atom. The van der Waals surface area contributed by atoms with Crippen molar-refractivity contribution < 1.29 is 28.2 Å². The van der Waals surface area contributed by atoms with Gasteiger partial charge in [0.05, 0.1) is 7.11 Å². The molecule has 0 saturated carbocycles. The molecule has 0 spiro atoms. The molecule has 0 aromatic heterocycles. The van der Waals surface area contributed by atoms with Crippen molar-refractivity contribution in [1.29, 1.82) is 0 Å². The van der Waals surface area contributed by atoms with E-state index in [9.17, 15) is 14.0 Å². The van der Waals surface area contributed by atoms with Crippen LogP contribution in [0.2, 0.25) is 0 Å². The van der Waals surface area contributed by atoms with Gasteiger partial charge in [-0.1, -0.05) is 18.2 Å². The molecule has 4 rings (SSSR count). The van der Waals surface area contributed by atoms with Crippen LogP contribution in [0.15, 0.2) is 42.5 Å². The molecule has 2 aromatic carbocycles. The van der Waals surface area contributed by atoms with E-state index in [1.165, 1.54) is 13.2 Å². The molecule has 0 bridgehead atoms. The zero-order valence-electron chi connectivity index (χ0n) is 18.7. The highest BCUT2D eigenvalue weighted by molar-refractivity contribution is 5.80. The highest BCUT2D eigenvalue weighted by Crippen LogP contribution is 2.32. The molecule has 0 unspecified atom stereocenters. The van der Waals surface area contributed by atoms with E-state index in [0.29, 0.717) is 62.3 Å². The monoisotopic (exact) mass is 456 g/mol. The van der Waals surface area contributed by atoms with E-state index in [1.54, 1.807) is 12.1 Å². The maximum absolute atomic E-state index is 14.5. The van der Waals surface area contributed by atoms with Crippen LogP contribution in [0.25, 0.3) is 0 Å². The molecular formula is C25H29FN2O5. The number of hydrogen-bond acceptors (Lipinski definition) is 5. The van der Waals surface area contributed by atoms with Gasteiger partial charge in [-0.2, -0.15) is 0 Å². The number of carbonyl (C=O) groups is 2. The Labute approximate surface area is 192 Å². The fraction of sp³-hybridized carbons (Fsp3) is 0.440. The summed E-state index contributed by atoms with van der Waals surface area (Å²) in [7, 11) is 1.48. The lowest BCUT2D eigenvalue weighted by Crippen LogP contribution is -2.45. The Kier molecular flexibility index (Phi) is 7.01. The lowest BCUT2D eigenvalue weighted by atomic mass is 9.84. The minimum absolute atomic E-state index is 0.0703. The van der Waals surface area contributed by atoms with Crippen LogP contribution in [-0.2, 0) is 16.0 Å². The first kappa shape index (κ1) is 22.9. The number of hydrogen-bond donors (Lipinski definition) is 2. The summed E-state index contributed by atoms with van der Waals surface area (Å²) < 4.78 is 31.2. The molecule has 2 amide bonds. The predicted octanol–water partition coefficient (Wildman–Crippen LogP) is 3.15. The number of halogens is 1. The highest BCUT2D eigenvalue weighted by Gasteiger charge is 2.38. The molecule has 0 radical (unpaired) electrons. The van der Waals surface area contributed by atoms with E-state index in [2.05, 4.69) is 10.6 Å². The molecule has 33 heavy (non-hydrogen) atoms. The number of carbonyl (C=O) groups excluding carboxylic acids is 2. The first-order valence-electron chi connectivity index (χ1n) is 11.2. The van der Waals surface area contributed by atoms with Crippen molar-refractivity contribution in [3.05, 3.63) is 53.8 Å². The third-order valence-electron chi connectivity index (χ3n) is 6.21. The first-order valence-corrected chi connectivity index (χ1v) is 11.2. The number of para-hydroxylation sites is 2. The molecule has 0 aliphatic carbocycles. The summed E-state index contributed by atoms with van der Waals surface area (Å²) in [5, 5.41) is 5.91. The zero-order valence-corrected chi connectivity index (χ0v) is 18.7. The third kappa shape index (κ3) is 5.74. The number of nitrogens with one attached hydrogen (secondary N) is 2. The second kappa shape index (κ2) is 10.1. The number of rotatable bonds is 9. The number of benzene rings is 2. The van der Waals surface area contributed by atoms with Crippen molar-refractivity contribution >= 4 is 11.8 Å². The van der Waals surface area contributed by atoms with Crippen LogP contribution in [-0.4, -0.2) is 43.7 Å². The molecule has 2 N–H and O–H groups in total. The largest absolute Gasteiger partial charge is 0.497 e. The molecular weight excluding hydrogens is 427 g/mol. The first-order chi connectivity index (χ1) is 16.0. The lowest BCUT2D eigenvalue weighted by molar-refractivity contribution is -0.122. The SMILES string of the molecule is COc1ccc(C[C@@]2(CCC(=O)NCC[C@H]3COc4ccccc4O3)CCC(=O)N2)c(F)c1. The van der Waals surface area contributed by atoms with E-state index in [1.807, 2.05) is 24.3 Å². The Morgan fingerprint density at radius 3 is 2.82 bits per heavy atom. The molecule has 1 fully saturated rings. The quantitative estimate of drug-likeness (QED) is 0.606. The minimum atomic E-state index is -0.631. The summed E-state index contributed by atoms with van der Waals surface area (Å²) in [4.78, 5) is 24.4. The summed E-state index contributed by atoms with van der Waals surface area (Å²) in [6, 6.07) is 12.2. The number of ether oxygens (including phenoxy) is 3. The van der Waals surface area contributed by atoms with E-state index >= 15 is 0 Å². The van der Waals surface area contributed by atoms with E-state index < -0.39 is 5.54 Å².